The minimum atomic E-state index is -0.362. The first-order valence-corrected chi connectivity index (χ1v) is 6.99. The van der Waals surface area contributed by atoms with Gasteiger partial charge in [0, 0.05) is 35.9 Å². The first kappa shape index (κ1) is 14.8. The van der Waals surface area contributed by atoms with E-state index in [1.54, 1.807) is 12.1 Å². The average Bonchev–Trinajstić information content (AvgIpc) is 2.39. The Kier molecular flexibility index (Phi) is 3.99. The molecule has 1 saturated carbocycles. The molecule has 1 aromatic carbocycles. The van der Waals surface area contributed by atoms with Gasteiger partial charge in [0.2, 0.25) is 0 Å². The van der Waals surface area contributed by atoms with Gasteiger partial charge in [-0.05, 0) is 25.8 Å². The lowest BCUT2D eigenvalue weighted by atomic mass is 9.64. The van der Waals surface area contributed by atoms with Gasteiger partial charge >= 0.3 is 0 Å². The van der Waals surface area contributed by atoms with Crippen LogP contribution in [-0.2, 0) is 4.74 Å². The van der Waals surface area contributed by atoms with Crippen LogP contribution in [0.25, 0.3) is 0 Å². The van der Waals surface area contributed by atoms with Crippen LogP contribution < -0.4 is 5.32 Å². The molecule has 0 heterocycles. The molecule has 0 aromatic heterocycles. The van der Waals surface area contributed by atoms with E-state index in [1.165, 1.54) is 6.07 Å². The fourth-order valence-corrected chi connectivity index (χ4v) is 2.68. The number of non-ortho nitro benzene ring substituents is 1. The Bertz CT molecular complexity index is 514. The van der Waals surface area contributed by atoms with Gasteiger partial charge in [0.05, 0.1) is 11.0 Å². The Hall–Kier alpha value is -1.62. The predicted octanol–water partition coefficient (Wildman–Crippen LogP) is 3.52. The van der Waals surface area contributed by atoms with Gasteiger partial charge in [-0.1, -0.05) is 19.9 Å². The quantitative estimate of drug-likeness (QED) is 0.661. The van der Waals surface area contributed by atoms with Gasteiger partial charge in [0.15, 0.2) is 0 Å². The highest BCUT2D eigenvalue weighted by molar-refractivity contribution is 5.58. The first-order valence-electron chi connectivity index (χ1n) is 6.99. The normalized spacial score (nSPS) is 24.0. The second-order valence-corrected chi connectivity index (χ2v) is 5.95. The minimum absolute atomic E-state index is 0.0348. The van der Waals surface area contributed by atoms with Crippen molar-refractivity contribution in [2.45, 2.75) is 46.3 Å². The summed E-state index contributed by atoms with van der Waals surface area (Å²) in [6, 6.07) is 5.21. The Morgan fingerprint density at radius 2 is 2.20 bits per heavy atom. The predicted molar refractivity (Wildman–Crippen MR) is 79.1 cm³/mol. The van der Waals surface area contributed by atoms with Crippen LogP contribution in [0.5, 0.6) is 0 Å². The minimum Gasteiger partial charge on any atom is -0.381 e. The molecule has 1 aliphatic carbocycles. The van der Waals surface area contributed by atoms with Crippen LogP contribution in [-0.4, -0.2) is 23.7 Å². The fourth-order valence-electron chi connectivity index (χ4n) is 2.68. The van der Waals surface area contributed by atoms with Gasteiger partial charge in [-0.3, -0.25) is 10.1 Å². The Balaban J connectivity index is 2.12. The number of nitro groups is 1. The third kappa shape index (κ3) is 2.63. The molecular weight excluding hydrogens is 256 g/mol. The number of rotatable bonds is 5. The summed E-state index contributed by atoms with van der Waals surface area (Å²) in [5.41, 5.74) is 2.02. The van der Waals surface area contributed by atoms with Gasteiger partial charge in [0.25, 0.3) is 5.69 Å². The summed E-state index contributed by atoms with van der Waals surface area (Å²) in [6.07, 6.45) is 1.19. The van der Waals surface area contributed by atoms with E-state index in [0.29, 0.717) is 0 Å². The first-order chi connectivity index (χ1) is 9.36. The molecule has 1 aliphatic rings. The van der Waals surface area contributed by atoms with Crippen LogP contribution in [0.1, 0.15) is 32.8 Å². The maximum Gasteiger partial charge on any atom is 0.271 e. The van der Waals surface area contributed by atoms with E-state index in [-0.39, 0.29) is 28.2 Å². The highest BCUT2D eigenvalue weighted by atomic mass is 16.6. The van der Waals surface area contributed by atoms with Crippen molar-refractivity contribution in [3.05, 3.63) is 33.9 Å². The lowest BCUT2D eigenvalue weighted by Crippen LogP contribution is -2.58. The van der Waals surface area contributed by atoms with Gasteiger partial charge < -0.3 is 10.1 Å². The molecule has 2 rings (SSSR count). The molecule has 110 valence electrons. The molecule has 1 aromatic rings. The van der Waals surface area contributed by atoms with Crippen molar-refractivity contribution in [3.8, 4) is 0 Å². The van der Waals surface area contributed by atoms with Crippen LogP contribution in [0.4, 0.5) is 11.4 Å². The third-order valence-corrected chi connectivity index (χ3v) is 4.31. The van der Waals surface area contributed by atoms with Gasteiger partial charge in [-0.25, -0.2) is 0 Å². The molecule has 1 N–H and O–H groups in total. The Morgan fingerprint density at radius 3 is 2.75 bits per heavy atom. The summed E-state index contributed by atoms with van der Waals surface area (Å²) in [5.74, 6) is 0. The summed E-state index contributed by atoms with van der Waals surface area (Å²) < 4.78 is 5.70. The maximum absolute atomic E-state index is 10.9. The summed E-state index contributed by atoms with van der Waals surface area (Å²) in [5, 5.41) is 14.3. The zero-order valence-electron chi connectivity index (χ0n) is 12.5. The number of ether oxygens (including phenoxy) is 1. The summed E-state index contributed by atoms with van der Waals surface area (Å²) in [4.78, 5) is 10.5. The van der Waals surface area contributed by atoms with Crippen molar-refractivity contribution in [2.24, 2.45) is 5.41 Å². The largest absolute Gasteiger partial charge is 0.381 e. The number of nitro benzene ring substituents is 1. The molecule has 0 bridgehead atoms. The molecular formula is C15H22N2O3. The molecule has 5 heteroatoms. The number of benzene rings is 1. The van der Waals surface area contributed by atoms with E-state index in [4.69, 9.17) is 4.74 Å². The molecule has 2 atom stereocenters. The molecule has 0 aliphatic heterocycles. The van der Waals surface area contributed by atoms with Crippen LogP contribution in [0.2, 0.25) is 0 Å². The van der Waals surface area contributed by atoms with Crippen molar-refractivity contribution >= 4 is 11.4 Å². The van der Waals surface area contributed by atoms with E-state index in [2.05, 4.69) is 19.2 Å². The van der Waals surface area contributed by atoms with Crippen LogP contribution in [0, 0.1) is 22.5 Å². The molecule has 0 radical (unpaired) electrons. The van der Waals surface area contributed by atoms with Gasteiger partial charge in [-0.15, -0.1) is 0 Å². The van der Waals surface area contributed by atoms with E-state index < -0.39 is 0 Å². The number of nitrogens with zero attached hydrogens (tertiary/aromatic N) is 1. The second kappa shape index (κ2) is 5.40. The zero-order valence-corrected chi connectivity index (χ0v) is 12.5. The number of nitrogens with one attached hydrogen (secondary N) is 1. The van der Waals surface area contributed by atoms with Crippen molar-refractivity contribution in [1.29, 1.82) is 0 Å². The van der Waals surface area contributed by atoms with Crippen molar-refractivity contribution < 1.29 is 9.66 Å². The lowest BCUT2D eigenvalue weighted by molar-refractivity contribution is -0.384. The van der Waals surface area contributed by atoms with Gasteiger partial charge in [-0.2, -0.15) is 0 Å². The molecule has 2 unspecified atom stereocenters. The molecule has 0 spiro atoms. The highest BCUT2D eigenvalue weighted by Gasteiger charge is 2.49. The topological polar surface area (TPSA) is 64.4 Å². The summed E-state index contributed by atoms with van der Waals surface area (Å²) >= 11 is 0. The van der Waals surface area contributed by atoms with E-state index in [1.807, 2.05) is 13.8 Å². The molecule has 5 nitrogen and oxygen atoms in total. The Morgan fingerprint density at radius 1 is 1.50 bits per heavy atom. The van der Waals surface area contributed by atoms with E-state index >= 15 is 0 Å². The smallest absolute Gasteiger partial charge is 0.271 e. The van der Waals surface area contributed by atoms with E-state index in [9.17, 15) is 10.1 Å². The molecule has 20 heavy (non-hydrogen) atoms. The standard InChI is InChI=1S/C15H22N2O3/c1-5-20-14-9-13(15(14,3)4)16-12-8-11(17(18)19)7-6-10(12)2/h6-8,13-14,16H,5,9H2,1-4H3. The second-order valence-electron chi connectivity index (χ2n) is 5.95. The monoisotopic (exact) mass is 278 g/mol. The number of hydrogen-bond donors (Lipinski definition) is 1. The lowest BCUT2D eigenvalue weighted by Gasteiger charge is -2.52. The fraction of sp³-hybridized carbons (Fsp3) is 0.600. The average molecular weight is 278 g/mol. The van der Waals surface area contributed by atoms with E-state index in [0.717, 1.165) is 24.3 Å². The Labute approximate surface area is 119 Å². The number of hydrogen-bond acceptors (Lipinski definition) is 4. The number of anilines is 1. The highest BCUT2D eigenvalue weighted by Crippen LogP contribution is 2.44. The molecule has 1 fully saturated rings. The maximum atomic E-state index is 10.9. The summed E-state index contributed by atoms with van der Waals surface area (Å²) in [6.45, 7) is 9.01. The van der Waals surface area contributed by atoms with Crippen LogP contribution >= 0.6 is 0 Å². The van der Waals surface area contributed by atoms with Crippen molar-refractivity contribution in [2.75, 3.05) is 11.9 Å². The van der Waals surface area contributed by atoms with Gasteiger partial charge in [0.1, 0.15) is 0 Å². The SMILES string of the molecule is CCOC1CC(Nc2cc([N+](=O)[O-])ccc2C)C1(C)C. The van der Waals surface area contributed by atoms with Crippen LogP contribution in [0.3, 0.4) is 0 Å². The zero-order chi connectivity index (χ0) is 14.9. The molecule has 0 saturated heterocycles. The number of aryl methyl sites for hydroxylation is 1. The van der Waals surface area contributed by atoms with Crippen LogP contribution in [0.15, 0.2) is 18.2 Å². The summed E-state index contributed by atoms with van der Waals surface area (Å²) in [7, 11) is 0. The third-order valence-electron chi connectivity index (χ3n) is 4.31. The van der Waals surface area contributed by atoms with Crippen molar-refractivity contribution in [3.63, 3.8) is 0 Å². The molecule has 0 amide bonds. The van der Waals surface area contributed by atoms with Crippen molar-refractivity contribution in [1.82, 2.24) is 0 Å².